The van der Waals surface area contributed by atoms with Gasteiger partial charge in [-0.05, 0) is 29.8 Å². The van der Waals surface area contributed by atoms with Gasteiger partial charge in [-0.25, -0.2) is 4.79 Å². The molecule has 0 saturated heterocycles. The van der Waals surface area contributed by atoms with Crippen LogP contribution in [0.25, 0.3) is 22.2 Å². The maximum atomic E-state index is 12.6. The van der Waals surface area contributed by atoms with Gasteiger partial charge in [-0.3, -0.25) is 0 Å². The molecular formula is C15H7ClF3N3O2. The van der Waals surface area contributed by atoms with E-state index in [0.29, 0.717) is 0 Å². The third-order valence-electron chi connectivity index (χ3n) is 3.24. The zero-order valence-corrected chi connectivity index (χ0v) is 12.4. The van der Waals surface area contributed by atoms with Crippen molar-refractivity contribution < 1.29 is 17.9 Å². The van der Waals surface area contributed by atoms with E-state index < -0.39 is 17.8 Å². The quantitative estimate of drug-likeness (QED) is 0.732. The first-order valence-electron chi connectivity index (χ1n) is 6.49. The van der Waals surface area contributed by atoms with Gasteiger partial charge in [-0.1, -0.05) is 17.7 Å². The largest absolute Gasteiger partial charge is 0.573 e. The number of hydrogen-bond acceptors (Lipinski definition) is 3. The summed E-state index contributed by atoms with van der Waals surface area (Å²) in [5.74, 6) is -0.504. The summed E-state index contributed by atoms with van der Waals surface area (Å²) in [6.45, 7) is 0. The minimum Gasteiger partial charge on any atom is -0.405 e. The third-order valence-corrected chi connectivity index (χ3v) is 3.55. The minimum atomic E-state index is -4.90. The van der Waals surface area contributed by atoms with Gasteiger partial charge < -0.3 is 14.7 Å². The van der Waals surface area contributed by atoms with Crippen LogP contribution in [0.2, 0.25) is 5.02 Å². The summed E-state index contributed by atoms with van der Waals surface area (Å²) in [5, 5.41) is 9.22. The van der Waals surface area contributed by atoms with E-state index in [-0.39, 0.29) is 32.7 Å². The highest BCUT2D eigenvalue weighted by Crippen LogP contribution is 2.40. The number of rotatable bonds is 2. The van der Waals surface area contributed by atoms with E-state index in [1.165, 1.54) is 24.3 Å². The molecule has 2 N–H and O–H groups in total. The van der Waals surface area contributed by atoms with Crippen LogP contribution >= 0.6 is 11.6 Å². The molecule has 0 unspecified atom stereocenters. The number of fused-ring (bicyclic) bond motifs is 1. The lowest BCUT2D eigenvalue weighted by Crippen LogP contribution is -2.17. The van der Waals surface area contributed by atoms with Gasteiger partial charge in [-0.15, -0.1) is 13.2 Å². The fraction of sp³-hybridized carbons (Fsp3) is 0.0667. The van der Waals surface area contributed by atoms with Gasteiger partial charge in [-0.2, -0.15) is 5.26 Å². The van der Waals surface area contributed by atoms with Crippen LogP contribution in [0.4, 0.5) is 13.2 Å². The predicted octanol–water partition coefficient (Wildman–Crippen LogP) is 3.95. The van der Waals surface area contributed by atoms with E-state index in [9.17, 15) is 23.2 Å². The monoisotopic (exact) mass is 353 g/mol. The van der Waals surface area contributed by atoms with E-state index in [1.807, 2.05) is 6.07 Å². The van der Waals surface area contributed by atoms with Gasteiger partial charge in [0, 0.05) is 5.56 Å². The maximum absolute atomic E-state index is 12.6. The number of aromatic amines is 2. The zero-order valence-electron chi connectivity index (χ0n) is 11.7. The van der Waals surface area contributed by atoms with Crippen molar-refractivity contribution in [3.8, 4) is 22.9 Å². The fourth-order valence-electron chi connectivity index (χ4n) is 2.37. The van der Waals surface area contributed by atoms with Crippen molar-refractivity contribution in [1.82, 2.24) is 9.97 Å². The molecule has 0 aliphatic heterocycles. The molecule has 0 saturated carbocycles. The van der Waals surface area contributed by atoms with Gasteiger partial charge in [0.05, 0.1) is 21.6 Å². The lowest BCUT2D eigenvalue weighted by atomic mass is 10.0. The molecule has 122 valence electrons. The summed E-state index contributed by atoms with van der Waals surface area (Å²) in [6.07, 6.45) is -4.90. The van der Waals surface area contributed by atoms with Gasteiger partial charge in [0.1, 0.15) is 11.8 Å². The number of nitrogens with one attached hydrogen (secondary N) is 2. The lowest BCUT2D eigenvalue weighted by Gasteiger charge is -2.15. The Morgan fingerprint density at radius 3 is 2.62 bits per heavy atom. The van der Waals surface area contributed by atoms with Gasteiger partial charge >= 0.3 is 12.1 Å². The van der Waals surface area contributed by atoms with E-state index in [4.69, 9.17) is 11.6 Å². The summed E-state index contributed by atoms with van der Waals surface area (Å²) >= 11 is 6.03. The first-order chi connectivity index (χ1) is 11.3. The highest BCUT2D eigenvalue weighted by molar-refractivity contribution is 6.33. The molecule has 0 bridgehead atoms. The molecule has 5 nitrogen and oxygen atoms in total. The summed E-state index contributed by atoms with van der Waals surface area (Å²) in [4.78, 5) is 16.3. The first-order valence-corrected chi connectivity index (χ1v) is 6.87. The number of alkyl halides is 3. The normalized spacial score (nSPS) is 11.5. The number of halogens is 4. The topological polar surface area (TPSA) is 81.7 Å². The average molecular weight is 354 g/mol. The molecule has 1 heterocycles. The molecule has 24 heavy (non-hydrogen) atoms. The van der Waals surface area contributed by atoms with Crippen LogP contribution < -0.4 is 10.4 Å². The second-order valence-corrected chi connectivity index (χ2v) is 5.21. The zero-order chi connectivity index (χ0) is 17.5. The number of nitriles is 1. The van der Waals surface area contributed by atoms with E-state index in [1.54, 1.807) is 0 Å². The maximum Gasteiger partial charge on any atom is 0.573 e. The molecular weight excluding hydrogens is 347 g/mol. The predicted molar refractivity (Wildman–Crippen MR) is 80.8 cm³/mol. The SMILES string of the molecule is N#Cc1cc(-c2c(Cl)cccc2OC(F)(F)F)cc2[nH]c(=O)[nH]c12. The second kappa shape index (κ2) is 5.62. The van der Waals surface area contributed by atoms with Crippen LogP contribution in [0, 0.1) is 11.3 Å². The van der Waals surface area contributed by atoms with Crippen LogP contribution in [0.5, 0.6) is 5.75 Å². The van der Waals surface area contributed by atoms with Gasteiger partial charge in [0.25, 0.3) is 0 Å². The molecule has 0 spiro atoms. The Bertz CT molecular complexity index is 1030. The molecule has 0 aliphatic carbocycles. The number of H-pyrrole nitrogens is 2. The fourth-order valence-corrected chi connectivity index (χ4v) is 2.64. The standard InChI is InChI=1S/C15H7ClF3N3O2/c16-9-2-1-3-11(24-15(17,18)19)12(9)7-4-8(6-20)13-10(5-7)21-14(23)22-13/h1-5H,(H2,21,22,23). The molecule has 9 heteroatoms. The van der Waals surface area contributed by atoms with Crippen LogP contribution in [-0.2, 0) is 0 Å². The third kappa shape index (κ3) is 2.94. The molecule has 0 amide bonds. The summed E-state index contributed by atoms with van der Waals surface area (Å²) in [7, 11) is 0. The highest BCUT2D eigenvalue weighted by atomic mass is 35.5. The molecule has 0 aliphatic rings. The van der Waals surface area contributed by atoms with Gasteiger partial charge in [0.2, 0.25) is 0 Å². The molecule has 0 atom stereocenters. The number of hydrogen-bond donors (Lipinski definition) is 2. The smallest absolute Gasteiger partial charge is 0.405 e. The van der Waals surface area contributed by atoms with Crippen LogP contribution in [0.15, 0.2) is 35.1 Å². The number of benzene rings is 2. The van der Waals surface area contributed by atoms with Crippen molar-refractivity contribution in [2.45, 2.75) is 6.36 Å². The molecule has 3 aromatic rings. The lowest BCUT2D eigenvalue weighted by molar-refractivity contribution is -0.274. The summed E-state index contributed by atoms with van der Waals surface area (Å²) in [6, 6.07) is 8.46. The Morgan fingerprint density at radius 2 is 1.96 bits per heavy atom. The van der Waals surface area contributed by atoms with Gasteiger partial charge in [0.15, 0.2) is 0 Å². The van der Waals surface area contributed by atoms with Crippen molar-refractivity contribution in [3.63, 3.8) is 0 Å². The first kappa shape index (κ1) is 16.0. The van der Waals surface area contributed by atoms with E-state index in [2.05, 4.69) is 14.7 Å². The van der Waals surface area contributed by atoms with Crippen molar-refractivity contribution in [3.05, 3.63) is 51.4 Å². The molecule has 0 radical (unpaired) electrons. The number of nitrogens with zero attached hydrogens (tertiary/aromatic N) is 1. The Kier molecular flexibility index (Phi) is 3.73. The Morgan fingerprint density at radius 1 is 1.21 bits per heavy atom. The van der Waals surface area contributed by atoms with Crippen LogP contribution in [0.1, 0.15) is 5.56 Å². The highest BCUT2D eigenvalue weighted by Gasteiger charge is 2.32. The van der Waals surface area contributed by atoms with Crippen molar-refractivity contribution in [2.75, 3.05) is 0 Å². The number of ether oxygens (including phenoxy) is 1. The second-order valence-electron chi connectivity index (χ2n) is 4.80. The molecule has 0 fully saturated rings. The van der Waals surface area contributed by atoms with Crippen molar-refractivity contribution >= 4 is 22.6 Å². The Hall–Kier alpha value is -2.92. The van der Waals surface area contributed by atoms with Crippen LogP contribution in [0.3, 0.4) is 0 Å². The van der Waals surface area contributed by atoms with E-state index in [0.717, 1.165) is 6.07 Å². The summed E-state index contributed by atoms with van der Waals surface area (Å²) in [5.41, 5.74) is 0.253. The average Bonchev–Trinajstić information content (AvgIpc) is 2.84. The van der Waals surface area contributed by atoms with Crippen molar-refractivity contribution in [2.24, 2.45) is 0 Å². The van der Waals surface area contributed by atoms with Crippen LogP contribution in [-0.4, -0.2) is 16.3 Å². The molecule has 1 aromatic heterocycles. The molecule has 3 rings (SSSR count). The summed E-state index contributed by atoms with van der Waals surface area (Å²) < 4.78 is 41.8. The Balaban J connectivity index is 2.28. The van der Waals surface area contributed by atoms with Crippen molar-refractivity contribution in [1.29, 1.82) is 5.26 Å². The molecule has 2 aromatic carbocycles. The number of imidazole rings is 1. The van der Waals surface area contributed by atoms with E-state index >= 15 is 0 Å². The minimum absolute atomic E-state index is 0.0119. The number of aromatic nitrogens is 2. The Labute approximate surface area is 137 Å².